The Balaban J connectivity index is 2.23. The van der Waals surface area contributed by atoms with Gasteiger partial charge in [-0.25, -0.2) is 13.1 Å². The average Bonchev–Trinajstić information content (AvgIpc) is 2.81. The highest BCUT2D eigenvalue weighted by molar-refractivity contribution is 7.91. The lowest BCUT2D eigenvalue weighted by molar-refractivity contribution is 0.285. The van der Waals surface area contributed by atoms with Gasteiger partial charge in [0.2, 0.25) is 0 Å². The molecule has 20 heavy (non-hydrogen) atoms. The molecule has 2 aromatic heterocycles. The first kappa shape index (κ1) is 15.1. The fourth-order valence-electron chi connectivity index (χ4n) is 1.79. The molecule has 108 valence electrons. The normalized spacial score (nSPS) is 13.3. The van der Waals surface area contributed by atoms with Gasteiger partial charge in [0, 0.05) is 23.3 Å². The number of aromatic nitrogens is 1. The van der Waals surface area contributed by atoms with Crippen LogP contribution in [0.15, 0.2) is 34.8 Å². The molecule has 0 bridgehead atoms. The van der Waals surface area contributed by atoms with E-state index in [-0.39, 0.29) is 16.9 Å². The van der Waals surface area contributed by atoms with E-state index >= 15 is 0 Å². The summed E-state index contributed by atoms with van der Waals surface area (Å²) in [4.78, 5) is 4.57. The molecule has 1 atom stereocenters. The fourth-order valence-corrected chi connectivity index (χ4v) is 4.49. The van der Waals surface area contributed by atoms with Gasteiger partial charge in [-0.05, 0) is 43.2 Å². The van der Waals surface area contributed by atoms with E-state index in [1.54, 1.807) is 44.4 Å². The van der Waals surface area contributed by atoms with Gasteiger partial charge in [-0.15, -0.1) is 11.3 Å². The maximum Gasteiger partial charge on any atom is 0.250 e. The van der Waals surface area contributed by atoms with Crippen molar-refractivity contribution in [1.29, 1.82) is 0 Å². The summed E-state index contributed by atoms with van der Waals surface area (Å²) >= 11 is 1.09. The summed E-state index contributed by atoms with van der Waals surface area (Å²) in [5, 5.41) is 9.15. The molecule has 0 radical (unpaired) electrons. The Labute approximate surface area is 122 Å². The summed E-state index contributed by atoms with van der Waals surface area (Å²) in [7, 11) is -3.58. The maximum absolute atomic E-state index is 12.3. The van der Waals surface area contributed by atoms with Crippen LogP contribution in [0.4, 0.5) is 0 Å². The van der Waals surface area contributed by atoms with Crippen molar-refractivity contribution < 1.29 is 13.5 Å². The molecular formula is C13H16N2O3S2. The fraction of sp³-hybridized carbons (Fsp3) is 0.308. The van der Waals surface area contributed by atoms with E-state index in [1.165, 1.54) is 0 Å². The van der Waals surface area contributed by atoms with Crippen LogP contribution in [0.25, 0.3) is 0 Å². The van der Waals surface area contributed by atoms with Gasteiger partial charge in [0.15, 0.2) is 0 Å². The van der Waals surface area contributed by atoms with Gasteiger partial charge >= 0.3 is 0 Å². The number of hydrogen-bond donors (Lipinski definition) is 2. The molecule has 7 heteroatoms. The Morgan fingerprint density at radius 1 is 1.40 bits per heavy atom. The van der Waals surface area contributed by atoms with Crippen molar-refractivity contribution in [3.05, 3.63) is 46.6 Å². The predicted octanol–water partition coefficient (Wildman–Crippen LogP) is 1.98. The van der Waals surface area contributed by atoms with E-state index in [4.69, 9.17) is 5.11 Å². The molecule has 2 heterocycles. The molecule has 2 aromatic rings. The number of aliphatic hydroxyl groups is 1. The lowest BCUT2D eigenvalue weighted by Gasteiger charge is -2.13. The van der Waals surface area contributed by atoms with Crippen LogP contribution < -0.4 is 4.72 Å². The van der Waals surface area contributed by atoms with Crippen molar-refractivity contribution in [3.63, 3.8) is 0 Å². The van der Waals surface area contributed by atoms with Crippen molar-refractivity contribution in [2.24, 2.45) is 0 Å². The van der Waals surface area contributed by atoms with Crippen LogP contribution >= 0.6 is 11.3 Å². The minimum Gasteiger partial charge on any atom is -0.391 e. The molecular weight excluding hydrogens is 296 g/mol. The van der Waals surface area contributed by atoms with E-state index in [9.17, 15) is 8.42 Å². The lowest BCUT2D eigenvalue weighted by atomic mass is 10.1. The van der Waals surface area contributed by atoms with Crippen LogP contribution in [0.2, 0.25) is 0 Å². The Bertz CT molecular complexity index is 681. The molecule has 0 fully saturated rings. The summed E-state index contributed by atoms with van der Waals surface area (Å²) in [5.41, 5.74) is 1.63. The number of hydrogen-bond acceptors (Lipinski definition) is 5. The second-order valence-corrected chi connectivity index (χ2v) is 7.53. The van der Waals surface area contributed by atoms with Crippen molar-refractivity contribution in [2.75, 3.05) is 0 Å². The third-order valence-corrected chi connectivity index (χ3v) is 6.18. The molecule has 0 aliphatic carbocycles. The Hall–Kier alpha value is -1.28. The first-order chi connectivity index (χ1) is 9.44. The van der Waals surface area contributed by atoms with Crippen LogP contribution in [0, 0.1) is 6.92 Å². The molecule has 0 aliphatic rings. The number of nitrogens with zero attached hydrogens (tertiary/aromatic N) is 1. The molecule has 0 saturated heterocycles. The molecule has 0 amide bonds. The molecule has 0 aromatic carbocycles. The van der Waals surface area contributed by atoms with Gasteiger partial charge in [-0.3, -0.25) is 4.98 Å². The van der Waals surface area contributed by atoms with Gasteiger partial charge in [-0.1, -0.05) is 0 Å². The zero-order chi connectivity index (χ0) is 14.8. The molecule has 0 saturated carbocycles. The van der Waals surface area contributed by atoms with Crippen molar-refractivity contribution >= 4 is 21.4 Å². The summed E-state index contributed by atoms with van der Waals surface area (Å²) in [6, 6.07) is 4.78. The Morgan fingerprint density at radius 2 is 2.05 bits per heavy atom. The lowest BCUT2D eigenvalue weighted by Crippen LogP contribution is -2.26. The summed E-state index contributed by atoms with van der Waals surface area (Å²) < 4.78 is 27.4. The van der Waals surface area contributed by atoms with Crippen LogP contribution in [0.3, 0.4) is 0 Å². The minimum atomic E-state index is -3.58. The SMILES string of the molecule is Cc1cc(S(=O)(=O)NC(C)c2ccncc2)sc1CO. The summed E-state index contributed by atoms with van der Waals surface area (Å²) in [6.45, 7) is 3.42. The Morgan fingerprint density at radius 3 is 2.60 bits per heavy atom. The van der Waals surface area contributed by atoms with E-state index in [2.05, 4.69) is 9.71 Å². The molecule has 2 N–H and O–H groups in total. The van der Waals surface area contributed by atoms with Crippen LogP contribution in [-0.2, 0) is 16.6 Å². The zero-order valence-corrected chi connectivity index (χ0v) is 12.8. The highest BCUT2D eigenvalue weighted by Crippen LogP contribution is 2.27. The maximum atomic E-state index is 12.3. The predicted molar refractivity (Wildman–Crippen MR) is 78.0 cm³/mol. The molecule has 1 unspecified atom stereocenters. The second-order valence-electron chi connectivity index (χ2n) is 4.45. The van der Waals surface area contributed by atoms with E-state index in [1.807, 2.05) is 0 Å². The number of nitrogens with one attached hydrogen (secondary N) is 1. The first-order valence-electron chi connectivity index (χ1n) is 6.06. The van der Waals surface area contributed by atoms with E-state index in [0.29, 0.717) is 4.88 Å². The quantitative estimate of drug-likeness (QED) is 0.885. The van der Waals surface area contributed by atoms with E-state index < -0.39 is 10.0 Å². The first-order valence-corrected chi connectivity index (χ1v) is 8.36. The number of aryl methyl sites for hydroxylation is 1. The van der Waals surface area contributed by atoms with Gasteiger partial charge < -0.3 is 5.11 Å². The van der Waals surface area contributed by atoms with Crippen molar-refractivity contribution in [3.8, 4) is 0 Å². The van der Waals surface area contributed by atoms with Gasteiger partial charge in [0.1, 0.15) is 4.21 Å². The molecule has 0 spiro atoms. The molecule has 2 rings (SSSR count). The van der Waals surface area contributed by atoms with Crippen LogP contribution in [-0.4, -0.2) is 18.5 Å². The number of pyridine rings is 1. The van der Waals surface area contributed by atoms with Crippen molar-refractivity contribution in [2.45, 2.75) is 30.7 Å². The topological polar surface area (TPSA) is 79.3 Å². The summed E-state index contributed by atoms with van der Waals surface area (Å²) in [6.07, 6.45) is 3.25. The van der Waals surface area contributed by atoms with Gasteiger partial charge in [0.25, 0.3) is 10.0 Å². The van der Waals surface area contributed by atoms with Crippen LogP contribution in [0.1, 0.15) is 29.0 Å². The van der Waals surface area contributed by atoms with Crippen LogP contribution in [0.5, 0.6) is 0 Å². The molecule has 5 nitrogen and oxygen atoms in total. The third-order valence-electron chi connectivity index (χ3n) is 2.94. The average molecular weight is 312 g/mol. The monoisotopic (exact) mass is 312 g/mol. The summed E-state index contributed by atoms with van der Waals surface area (Å²) in [5.74, 6) is 0. The van der Waals surface area contributed by atoms with Gasteiger partial charge in [-0.2, -0.15) is 0 Å². The van der Waals surface area contributed by atoms with E-state index in [0.717, 1.165) is 22.5 Å². The van der Waals surface area contributed by atoms with Gasteiger partial charge in [0.05, 0.1) is 6.61 Å². The zero-order valence-electron chi connectivity index (χ0n) is 11.2. The van der Waals surface area contributed by atoms with Crippen molar-refractivity contribution in [1.82, 2.24) is 9.71 Å². The highest BCUT2D eigenvalue weighted by atomic mass is 32.2. The number of sulfonamides is 1. The smallest absolute Gasteiger partial charge is 0.250 e. The third kappa shape index (κ3) is 3.24. The number of aliphatic hydroxyl groups excluding tert-OH is 1. The standard InChI is InChI=1S/C13H16N2O3S2/c1-9-7-13(19-12(9)8-16)20(17,18)15-10(2)11-3-5-14-6-4-11/h3-7,10,15-16H,8H2,1-2H3. The number of rotatable bonds is 5. The Kier molecular flexibility index (Phi) is 4.54. The second kappa shape index (κ2) is 6.01. The molecule has 0 aliphatic heterocycles. The number of thiophene rings is 1. The largest absolute Gasteiger partial charge is 0.391 e. The highest BCUT2D eigenvalue weighted by Gasteiger charge is 2.21. The minimum absolute atomic E-state index is 0.147.